The van der Waals surface area contributed by atoms with Crippen LogP contribution < -0.4 is 9.05 Å². The Kier molecular flexibility index (Phi) is 8.43. The minimum atomic E-state index is -4.39. The molecule has 0 atom stereocenters. The summed E-state index contributed by atoms with van der Waals surface area (Å²) in [6.07, 6.45) is 1.08. The summed E-state index contributed by atoms with van der Waals surface area (Å²) in [6, 6.07) is 22.0. The lowest BCUT2D eigenvalue weighted by molar-refractivity contribution is -0.384. The number of ether oxygens (including phenoxy) is 1. The van der Waals surface area contributed by atoms with Gasteiger partial charge in [0.15, 0.2) is 0 Å². The number of rotatable bonds is 11. The SMILES string of the molecule is CCOC(=O)C/C=C(\OP(=O)(Oc1ccccc1)Oc1ccccc1)c1cccc([N+](=O)[O-])c1. The molecule has 0 bridgehead atoms. The third kappa shape index (κ3) is 7.21. The molecule has 0 saturated carbocycles. The molecule has 176 valence electrons. The highest BCUT2D eigenvalue weighted by atomic mass is 31.2. The lowest BCUT2D eigenvalue weighted by atomic mass is 10.1. The number of hydrogen-bond donors (Lipinski definition) is 0. The number of nitro benzene ring substituents is 1. The van der Waals surface area contributed by atoms with Gasteiger partial charge in [0, 0.05) is 17.7 Å². The summed E-state index contributed by atoms with van der Waals surface area (Å²) in [4.78, 5) is 22.6. The summed E-state index contributed by atoms with van der Waals surface area (Å²) >= 11 is 0. The normalized spacial score (nSPS) is 11.4. The Bertz CT molecular complexity index is 1150. The molecule has 0 saturated heterocycles. The molecule has 0 amide bonds. The topological polar surface area (TPSA) is 114 Å². The molecule has 0 aliphatic carbocycles. The van der Waals surface area contributed by atoms with Crippen molar-refractivity contribution in [3.63, 3.8) is 0 Å². The highest BCUT2D eigenvalue weighted by molar-refractivity contribution is 7.49. The molecule has 0 heterocycles. The zero-order chi connectivity index (χ0) is 24.4. The fourth-order valence-corrected chi connectivity index (χ4v) is 4.07. The molecule has 0 aliphatic rings. The van der Waals surface area contributed by atoms with Crippen LogP contribution in [0.3, 0.4) is 0 Å². The number of carbonyl (C=O) groups is 1. The van der Waals surface area contributed by atoms with Gasteiger partial charge in [-0.25, -0.2) is 0 Å². The van der Waals surface area contributed by atoms with Gasteiger partial charge in [-0.3, -0.25) is 14.9 Å². The second kappa shape index (κ2) is 11.7. The van der Waals surface area contributed by atoms with Crippen molar-refractivity contribution in [1.29, 1.82) is 0 Å². The van der Waals surface area contributed by atoms with E-state index >= 15 is 0 Å². The van der Waals surface area contributed by atoms with Crippen molar-refractivity contribution in [1.82, 2.24) is 0 Å². The summed E-state index contributed by atoms with van der Waals surface area (Å²) in [6.45, 7) is 1.83. The monoisotopic (exact) mass is 483 g/mol. The second-order valence-electron chi connectivity index (χ2n) is 6.73. The Hall–Kier alpha value is -4.10. The number of benzene rings is 3. The number of esters is 1. The fourth-order valence-electron chi connectivity index (χ4n) is 2.77. The van der Waals surface area contributed by atoms with Gasteiger partial charge in [0.25, 0.3) is 5.69 Å². The molecule has 0 radical (unpaired) electrons. The van der Waals surface area contributed by atoms with Crippen LogP contribution in [0.1, 0.15) is 18.9 Å². The maximum atomic E-state index is 13.8. The molecular weight excluding hydrogens is 461 g/mol. The highest BCUT2D eigenvalue weighted by Crippen LogP contribution is 2.53. The van der Waals surface area contributed by atoms with Crippen LogP contribution in [0.15, 0.2) is 91.0 Å². The van der Waals surface area contributed by atoms with E-state index in [2.05, 4.69) is 0 Å². The molecule has 9 nitrogen and oxygen atoms in total. The minimum absolute atomic E-state index is 0.105. The van der Waals surface area contributed by atoms with Crippen molar-refractivity contribution >= 4 is 25.2 Å². The Morgan fingerprint density at radius 2 is 1.53 bits per heavy atom. The summed E-state index contributed by atoms with van der Waals surface area (Å²) in [5.41, 5.74) is -0.0158. The van der Waals surface area contributed by atoms with Crippen molar-refractivity contribution in [2.75, 3.05) is 6.61 Å². The van der Waals surface area contributed by atoms with Gasteiger partial charge in [-0.05, 0) is 37.3 Å². The van der Waals surface area contributed by atoms with E-state index in [1.165, 1.54) is 30.3 Å². The van der Waals surface area contributed by atoms with Crippen LogP contribution >= 0.6 is 7.82 Å². The van der Waals surface area contributed by atoms with E-state index in [0.717, 1.165) is 0 Å². The van der Waals surface area contributed by atoms with Gasteiger partial charge in [0.2, 0.25) is 0 Å². The van der Waals surface area contributed by atoms with Crippen molar-refractivity contribution in [2.45, 2.75) is 13.3 Å². The predicted molar refractivity (Wildman–Crippen MR) is 125 cm³/mol. The number of hydrogen-bond acceptors (Lipinski definition) is 8. The molecule has 0 aromatic heterocycles. The number of phosphoric acid groups is 1. The molecular formula is C24H22NO8P. The smallest absolute Gasteiger partial charge is 0.466 e. The average molecular weight is 483 g/mol. The lowest BCUT2D eigenvalue weighted by Gasteiger charge is -2.21. The van der Waals surface area contributed by atoms with Crippen LogP contribution in [0.4, 0.5) is 5.69 Å². The van der Waals surface area contributed by atoms with E-state index in [4.69, 9.17) is 18.3 Å². The quantitative estimate of drug-likeness (QED) is 0.105. The average Bonchev–Trinajstić information content (AvgIpc) is 2.83. The largest absolute Gasteiger partial charge is 0.647 e. The van der Waals surface area contributed by atoms with Crippen LogP contribution in [0.5, 0.6) is 11.5 Å². The number of nitro groups is 1. The molecule has 0 N–H and O–H groups in total. The van der Waals surface area contributed by atoms with Gasteiger partial charge < -0.3 is 18.3 Å². The van der Waals surface area contributed by atoms with Gasteiger partial charge in [-0.15, -0.1) is 0 Å². The summed E-state index contributed by atoms with van der Waals surface area (Å²) in [5.74, 6) is -0.236. The van der Waals surface area contributed by atoms with Gasteiger partial charge in [0.05, 0.1) is 18.0 Å². The molecule has 0 unspecified atom stereocenters. The fraction of sp³-hybridized carbons (Fsp3) is 0.125. The van der Waals surface area contributed by atoms with Crippen LogP contribution in [0.25, 0.3) is 5.76 Å². The van der Waals surface area contributed by atoms with Crippen LogP contribution in [0, 0.1) is 10.1 Å². The maximum Gasteiger partial charge on any atom is 0.647 e. The van der Waals surface area contributed by atoms with Crippen LogP contribution in [-0.4, -0.2) is 17.5 Å². The summed E-state index contributed by atoms with van der Waals surface area (Å²) in [5, 5.41) is 11.3. The molecule has 3 aromatic carbocycles. The van der Waals surface area contributed by atoms with Gasteiger partial charge >= 0.3 is 13.8 Å². The standard InChI is InChI=1S/C24H22NO8P/c1-2-30-24(26)17-16-23(19-10-9-11-20(18-19)25(27)28)33-34(29,31-21-12-5-3-6-13-21)32-22-14-7-4-8-15-22/h3-16,18H,2,17H2,1H3/b23-16-. The number of carbonyl (C=O) groups excluding carboxylic acids is 1. The van der Waals surface area contributed by atoms with Crippen LogP contribution in [-0.2, 0) is 18.6 Å². The van der Waals surface area contributed by atoms with Crippen LogP contribution in [0.2, 0.25) is 0 Å². The van der Waals surface area contributed by atoms with Gasteiger partial charge in [-0.1, -0.05) is 48.5 Å². The Morgan fingerprint density at radius 1 is 0.941 bits per heavy atom. The maximum absolute atomic E-state index is 13.8. The summed E-state index contributed by atoms with van der Waals surface area (Å²) < 4.78 is 35.7. The molecule has 0 spiro atoms. The number of non-ortho nitro benzene ring substituents is 1. The van der Waals surface area contributed by atoms with Gasteiger partial charge in [-0.2, -0.15) is 4.57 Å². The molecule has 3 aromatic rings. The Morgan fingerprint density at radius 3 is 2.06 bits per heavy atom. The second-order valence-corrected chi connectivity index (χ2v) is 8.17. The Labute approximate surface area is 196 Å². The number of nitrogens with zero attached hydrogens (tertiary/aromatic N) is 1. The van der Waals surface area contributed by atoms with Crippen molar-refractivity contribution in [3.8, 4) is 11.5 Å². The first-order valence-electron chi connectivity index (χ1n) is 10.3. The molecule has 0 aliphatic heterocycles. The van der Waals surface area contributed by atoms with E-state index in [1.807, 2.05) is 0 Å². The lowest BCUT2D eigenvalue weighted by Crippen LogP contribution is -2.07. The van der Waals surface area contributed by atoms with Gasteiger partial charge in [0.1, 0.15) is 17.3 Å². The summed E-state index contributed by atoms with van der Waals surface area (Å²) in [7, 11) is -4.39. The zero-order valence-electron chi connectivity index (χ0n) is 18.2. The third-order valence-corrected chi connectivity index (χ3v) is 5.52. The molecule has 34 heavy (non-hydrogen) atoms. The van der Waals surface area contributed by atoms with E-state index < -0.39 is 18.7 Å². The first-order chi connectivity index (χ1) is 16.4. The minimum Gasteiger partial charge on any atom is -0.466 e. The first kappa shape index (κ1) is 24.5. The zero-order valence-corrected chi connectivity index (χ0v) is 19.1. The highest BCUT2D eigenvalue weighted by Gasteiger charge is 2.34. The van der Waals surface area contributed by atoms with E-state index in [9.17, 15) is 19.5 Å². The van der Waals surface area contributed by atoms with Crippen molar-refractivity contribution in [3.05, 3.63) is 107 Å². The van der Waals surface area contributed by atoms with Crippen molar-refractivity contribution in [2.24, 2.45) is 0 Å². The van der Waals surface area contributed by atoms with Crippen molar-refractivity contribution < 1.29 is 32.6 Å². The van der Waals surface area contributed by atoms with E-state index in [-0.39, 0.29) is 41.5 Å². The first-order valence-corrected chi connectivity index (χ1v) is 11.7. The third-order valence-electron chi connectivity index (χ3n) is 4.23. The molecule has 10 heteroatoms. The molecule has 0 fully saturated rings. The van der Waals surface area contributed by atoms with E-state index in [1.54, 1.807) is 67.6 Å². The van der Waals surface area contributed by atoms with E-state index in [0.29, 0.717) is 0 Å². The Balaban J connectivity index is 2.00. The predicted octanol–water partition coefficient (Wildman–Crippen LogP) is 6.17. The number of phosphoric ester groups is 1. The molecule has 3 rings (SSSR count). The number of para-hydroxylation sites is 2.